The number of thiol groups is 1. The maximum Gasteiger partial charge on any atom is 0.288 e. The van der Waals surface area contributed by atoms with Crippen LogP contribution in [0.4, 0.5) is 5.69 Å². The molecule has 3 aromatic carbocycles. The van der Waals surface area contributed by atoms with Crippen molar-refractivity contribution in [2.75, 3.05) is 0 Å². The fraction of sp³-hybridized carbons (Fsp3) is 0.100. The van der Waals surface area contributed by atoms with E-state index in [1.807, 2.05) is 42.5 Å². The third-order valence-electron chi connectivity index (χ3n) is 4.25. The van der Waals surface area contributed by atoms with Crippen molar-refractivity contribution >= 4 is 28.2 Å². The maximum atomic E-state index is 12.8. The highest BCUT2D eigenvalue weighted by atomic mass is 32.2. The number of hydrogen-bond acceptors (Lipinski definition) is 6. The Hall–Kier alpha value is -2.68. The molecule has 0 spiro atoms. The number of sulfone groups is 1. The van der Waals surface area contributed by atoms with Gasteiger partial charge in [-0.25, -0.2) is 8.42 Å². The van der Waals surface area contributed by atoms with Crippen LogP contribution in [0.3, 0.4) is 0 Å². The molecule has 1 aliphatic rings. The Labute approximate surface area is 168 Å². The topological polar surface area (TPSA) is 89.3 Å². The first kappa shape index (κ1) is 20.1. The van der Waals surface area contributed by atoms with Crippen LogP contribution in [0, 0.1) is 10.1 Å². The lowest BCUT2D eigenvalue weighted by Gasteiger charge is -2.13. The van der Waals surface area contributed by atoms with Crippen molar-refractivity contribution in [2.24, 2.45) is 0 Å². The van der Waals surface area contributed by atoms with Crippen LogP contribution >= 0.6 is 12.6 Å². The molecule has 0 aromatic heterocycles. The van der Waals surface area contributed by atoms with Crippen LogP contribution in [-0.2, 0) is 16.4 Å². The molecule has 0 aliphatic carbocycles. The molecule has 0 saturated heterocycles. The monoisotopic (exact) mass is 414 g/mol. The third kappa shape index (κ3) is 4.24. The van der Waals surface area contributed by atoms with Crippen molar-refractivity contribution in [1.82, 2.24) is 5.32 Å². The van der Waals surface area contributed by atoms with E-state index in [9.17, 15) is 18.5 Å². The molecule has 8 heteroatoms. The molecule has 1 aliphatic heterocycles. The Bertz CT molecular complexity index is 1090. The van der Waals surface area contributed by atoms with Gasteiger partial charge < -0.3 is 0 Å². The number of fused-ring (bicyclic) bond motifs is 1. The van der Waals surface area contributed by atoms with Crippen molar-refractivity contribution < 1.29 is 13.3 Å². The van der Waals surface area contributed by atoms with E-state index >= 15 is 0 Å². The lowest BCUT2D eigenvalue weighted by Crippen LogP contribution is -2.23. The second kappa shape index (κ2) is 8.55. The van der Waals surface area contributed by atoms with E-state index in [0.717, 1.165) is 10.5 Å². The van der Waals surface area contributed by atoms with Gasteiger partial charge in [-0.05, 0) is 29.3 Å². The van der Waals surface area contributed by atoms with Crippen molar-refractivity contribution in [1.29, 1.82) is 0 Å². The van der Waals surface area contributed by atoms with Crippen LogP contribution < -0.4 is 5.32 Å². The molecule has 1 N–H and O–H groups in total. The highest BCUT2D eigenvalue weighted by molar-refractivity contribution is 7.91. The Kier molecular flexibility index (Phi) is 6.13. The Morgan fingerprint density at radius 2 is 1.54 bits per heavy atom. The van der Waals surface area contributed by atoms with E-state index in [2.05, 4.69) is 17.9 Å². The van der Waals surface area contributed by atoms with Crippen LogP contribution in [0.2, 0.25) is 0 Å². The number of nitrogens with zero attached hydrogens (tertiary/aromatic N) is 1. The van der Waals surface area contributed by atoms with Crippen LogP contribution in [0.15, 0.2) is 88.7 Å². The van der Waals surface area contributed by atoms with Gasteiger partial charge in [0.2, 0.25) is 9.84 Å². The minimum absolute atomic E-state index is 0.260. The van der Waals surface area contributed by atoms with Crippen molar-refractivity contribution in [3.63, 3.8) is 0 Å². The Morgan fingerprint density at radius 3 is 2.18 bits per heavy atom. The molecular weight excluding hydrogens is 396 g/mol. The number of para-hydroxylation sites is 1. The summed E-state index contributed by atoms with van der Waals surface area (Å²) in [7, 11) is -3.88. The number of hydrogen-bond donors (Lipinski definition) is 2. The molecule has 6 nitrogen and oxygen atoms in total. The van der Waals surface area contributed by atoms with E-state index in [-0.39, 0.29) is 4.90 Å². The van der Waals surface area contributed by atoms with E-state index in [1.165, 1.54) is 24.3 Å². The first-order valence-corrected chi connectivity index (χ1v) is 10.4. The van der Waals surface area contributed by atoms with Crippen LogP contribution in [0.5, 0.6) is 0 Å². The van der Waals surface area contributed by atoms with E-state index in [4.69, 9.17) is 0 Å². The zero-order valence-electron chi connectivity index (χ0n) is 14.7. The average Bonchev–Trinajstić information content (AvgIpc) is 3.14. The minimum atomic E-state index is -3.88. The average molecular weight is 415 g/mol. The first-order valence-electron chi connectivity index (χ1n) is 8.44. The smallest absolute Gasteiger partial charge is 0.288 e. The summed E-state index contributed by atoms with van der Waals surface area (Å²) in [5.74, 6) is 0. The second-order valence-corrected chi connectivity index (χ2v) is 8.58. The fourth-order valence-corrected chi connectivity index (χ4v) is 4.94. The highest BCUT2D eigenvalue weighted by Gasteiger charge is 2.37. The molecule has 0 amide bonds. The standard InChI is InChI=1S/C14H12N2O4S.C6H6S/c17-16(18)12-7-3-4-8-13(12)21(19,20)14-11-6-2-1-5-10(11)9-15-14;7-6-4-2-1-3-5-6/h1-8,14-15H,9H2;1-5,7H. The second-order valence-electron chi connectivity index (χ2n) is 6.07. The molecule has 144 valence electrons. The number of nitro benzene ring substituents is 1. The molecule has 0 saturated carbocycles. The summed E-state index contributed by atoms with van der Waals surface area (Å²) in [5.41, 5.74) is 1.14. The summed E-state index contributed by atoms with van der Waals surface area (Å²) in [6.07, 6.45) is 0. The summed E-state index contributed by atoms with van der Waals surface area (Å²) in [6.45, 7) is 0.431. The molecule has 3 aromatic rings. The van der Waals surface area contributed by atoms with E-state index in [1.54, 1.807) is 12.1 Å². The summed E-state index contributed by atoms with van der Waals surface area (Å²) in [5, 5.41) is 13.0. The molecule has 1 atom stereocenters. The van der Waals surface area contributed by atoms with Gasteiger partial charge in [-0.3, -0.25) is 15.4 Å². The molecule has 0 bridgehead atoms. The predicted molar refractivity (Wildman–Crippen MR) is 110 cm³/mol. The Morgan fingerprint density at radius 1 is 0.929 bits per heavy atom. The summed E-state index contributed by atoms with van der Waals surface area (Å²) in [6, 6.07) is 22.4. The quantitative estimate of drug-likeness (QED) is 0.382. The van der Waals surface area contributed by atoms with Crippen molar-refractivity contribution in [2.45, 2.75) is 21.7 Å². The maximum absolute atomic E-state index is 12.8. The number of rotatable bonds is 3. The first-order chi connectivity index (χ1) is 13.4. The van der Waals surface area contributed by atoms with Gasteiger partial charge in [0.25, 0.3) is 5.69 Å². The lowest BCUT2D eigenvalue weighted by molar-refractivity contribution is -0.387. The summed E-state index contributed by atoms with van der Waals surface area (Å²) in [4.78, 5) is 11.1. The largest absolute Gasteiger partial charge is 0.293 e. The van der Waals surface area contributed by atoms with Gasteiger partial charge in [0.15, 0.2) is 0 Å². The molecule has 0 fully saturated rings. The molecule has 28 heavy (non-hydrogen) atoms. The normalized spacial score (nSPS) is 15.2. The zero-order chi connectivity index (χ0) is 20.1. The minimum Gasteiger partial charge on any atom is -0.293 e. The van der Waals surface area contributed by atoms with Crippen LogP contribution in [-0.4, -0.2) is 13.3 Å². The van der Waals surface area contributed by atoms with Gasteiger partial charge >= 0.3 is 0 Å². The molecule has 0 radical (unpaired) electrons. The van der Waals surface area contributed by atoms with Gasteiger partial charge in [0.05, 0.1) is 4.92 Å². The summed E-state index contributed by atoms with van der Waals surface area (Å²) >= 11 is 4.08. The molecule has 1 unspecified atom stereocenters. The predicted octanol–water partition coefficient (Wildman–Crippen LogP) is 4.15. The third-order valence-corrected chi connectivity index (χ3v) is 6.55. The van der Waals surface area contributed by atoms with E-state index in [0.29, 0.717) is 12.1 Å². The van der Waals surface area contributed by atoms with Gasteiger partial charge in [-0.15, -0.1) is 12.6 Å². The van der Waals surface area contributed by atoms with Gasteiger partial charge in [0.1, 0.15) is 10.3 Å². The van der Waals surface area contributed by atoms with Gasteiger partial charge in [0, 0.05) is 17.5 Å². The fourth-order valence-electron chi connectivity index (χ4n) is 2.94. The number of benzene rings is 3. The zero-order valence-corrected chi connectivity index (χ0v) is 16.4. The SMILES string of the molecule is O=[N+]([O-])c1ccccc1S(=O)(=O)C1NCc2ccccc21.Sc1ccccc1. The Balaban J connectivity index is 0.000000271. The summed E-state index contributed by atoms with van der Waals surface area (Å²) < 4.78 is 25.5. The van der Waals surface area contributed by atoms with Crippen LogP contribution in [0.1, 0.15) is 16.5 Å². The van der Waals surface area contributed by atoms with Gasteiger partial charge in [-0.1, -0.05) is 54.6 Å². The van der Waals surface area contributed by atoms with Gasteiger partial charge in [-0.2, -0.15) is 0 Å². The lowest BCUT2D eigenvalue weighted by atomic mass is 10.1. The van der Waals surface area contributed by atoms with Crippen LogP contribution in [0.25, 0.3) is 0 Å². The molecule has 4 rings (SSSR count). The highest BCUT2D eigenvalue weighted by Crippen LogP contribution is 2.36. The van der Waals surface area contributed by atoms with E-state index < -0.39 is 25.8 Å². The van der Waals surface area contributed by atoms with Crippen molar-refractivity contribution in [3.8, 4) is 0 Å². The van der Waals surface area contributed by atoms with Crippen molar-refractivity contribution in [3.05, 3.63) is 100 Å². The molecular formula is C20H18N2O4S2. The molecule has 1 heterocycles. The number of nitrogens with one attached hydrogen (secondary N) is 1. The number of nitro groups is 1.